The molecule has 0 aliphatic carbocycles. The van der Waals surface area contributed by atoms with E-state index in [4.69, 9.17) is 4.42 Å². The van der Waals surface area contributed by atoms with Gasteiger partial charge in [-0.1, -0.05) is 6.07 Å². The first kappa shape index (κ1) is 10.6. The molecule has 0 unspecified atom stereocenters. The van der Waals surface area contributed by atoms with Gasteiger partial charge in [-0.3, -0.25) is 0 Å². The summed E-state index contributed by atoms with van der Waals surface area (Å²) in [5.74, 6) is 0.327. The highest BCUT2D eigenvalue weighted by molar-refractivity contribution is 5.52. The molecule has 0 aliphatic rings. The van der Waals surface area contributed by atoms with Crippen molar-refractivity contribution in [1.29, 1.82) is 0 Å². The van der Waals surface area contributed by atoms with Gasteiger partial charge in [0.1, 0.15) is 25.0 Å². The van der Waals surface area contributed by atoms with E-state index in [9.17, 15) is 4.39 Å². The predicted octanol–water partition coefficient (Wildman–Crippen LogP) is 1.52. The van der Waals surface area contributed by atoms with Crippen LogP contribution in [0.3, 0.4) is 0 Å². The molecule has 1 aromatic carbocycles. The molecule has 0 saturated carbocycles. The predicted molar refractivity (Wildman–Crippen MR) is 58.8 cm³/mol. The summed E-state index contributed by atoms with van der Waals surface area (Å²) in [7, 11) is 0. The van der Waals surface area contributed by atoms with Crippen molar-refractivity contribution in [2.45, 2.75) is 6.54 Å². The number of rotatable bonds is 3. The van der Waals surface area contributed by atoms with Crippen LogP contribution in [-0.4, -0.2) is 25.0 Å². The number of hydrogen-bond acceptors (Lipinski definition) is 5. The number of halogens is 1. The van der Waals surface area contributed by atoms with Gasteiger partial charge in [-0.2, -0.15) is 5.10 Å². The molecule has 0 N–H and O–H groups in total. The smallest absolute Gasteiger partial charge is 0.247 e. The highest BCUT2D eigenvalue weighted by Crippen LogP contribution is 2.18. The Labute approximate surface area is 101 Å². The lowest BCUT2D eigenvalue weighted by Crippen LogP contribution is -1.99. The monoisotopic (exact) mass is 245 g/mol. The lowest BCUT2D eigenvalue weighted by Gasteiger charge is -1.95. The molecule has 0 spiro atoms. The maximum absolute atomic E-state index is 13.1. The van der Waals surface area contributed by atoms with Gasteiger partial charge in [-0.05, 0) is 18.2 Å². The fourth-order valence-corrected chi connectivity index (χ4v) is 1.51. The van der Waals surface area contributed by atoms with Crippen molar-refractivity contribution in [3.05, 3.63) is 48.6 Å². The summed E-state index contributed by atoms with van der Waals surface area (Å²) in [6.07, 6.45) is 2.97. The Morgan fingerprint density at radius 2 is 2.22 bits per heavy atom. The van der Waals surface area contributed by atoms with Crippen LogP contribution in [0.5, 0.6) is 0 Å². The van der Waals surface area contributed by atoms with Crippen LogP contribution in [0.15, 0.2) is 41.3 Å². The van der Waals surface area contributed by atoms with Gasteiger partial charge in [0.25, 0.3) is 0 Å². The third kappa shape index (κ3) is 2.10. The quantitative estimate of drug-likeness (QED) is 0.699. The molecule has 7 heteroatoms. The minimum atomic E-state index is -0.344. The Balaban J connectivity index is 1.85. The number of hydrogen-bond donors (Lipinski definition) is 0. The average molecular weight is 245 g/mol. The summed E-state index contributed by atoms with van der Waals surface area (Å²) >= 11 is 0. The molecular formula is C11H8FN5O. The first-order valence-corrected chi connectivity index (χ1v) is 5.22. The van der Waals surface area contributed by atoms with E-state index in [2.05, 4.69) is 20.3 Å². The zero-order valence-corrected chi connectivity index (χ0v) is 9.19. The van der Waals surface area contributed by atoms with Gasteiger partial charge in [-0.25, -0.2) is 14.1 Å². The second-order valence-corrected chi connectivity index (χ2v) is 3.60. The zero-order chi connectivity index (χ0) is 12.4. The molecule has 0 fully saturated rings. The lowest BCUT2D eigenvalue weighted by atomic mass is 10.2. The number of nitrogens with zero attached hydrogens (tertiary/aromatic N) is 5. The molecule has 2 aromatic heterocycles. The van der Waals surface area contributed by atoms with E-state index in [1.165, 1.54) is 18.5 Å². The fraction of sp³-hybridized carbons (Fsp3) is 0.0909. The maximum Gasteiger partial charge on any atom is 0.247 e. The Hall–Kier alpha value is -2.57. The summed E-state index contributed by atoms with van der Waals surface area (Å²) in [5.41, 5.74) is 0.548. The fourth-order valence-electron chi connectivity index (χ4n) is 1.51. The molecule has 3 rings (SSSR count). The second kappa shape index (κ2) is 4.36. The molecular weight excluding hydrogens is 237 g/mol. The van der Waals surface area contributed by atoms with Gasteiger partial charge in [-0.15, -0.1) is 10.2 Å². The van der Waals surface area contributed by atoms with Gasteiger partial charge in [0.15, 0.2) is 0 Å². The van der Waals surface area contributed by atoms with Crippen molar-refractivity contribution >= 4 is 0 Å². The largest absolute Gasteiger partial charge is 0.419 e. The van der Waals surface area contributed by atoms with E-state index >= 15 is 0 Å². The standard InChI is InChI=1S/C11H8FN5O/c12-9-3-1-2-8(4-9)11-16-15-10(18-11)5-17-7-13-6-14-17/h1-4,6-7H,5H2. The van der Waals surface area contributed by atoms with Crippen molar-refractivity contribution in [2.24, 2.45) is 0 Å². The minimum absolute atomic E-state index is 0.282. The van der Waals surface area contributed by atoms with Crippen LogP contribution in [0.25, 0.3) is 11.5 Å². The van der Waals surface area contributed by atoms with Crippen molar-refractivity contribution in [2.75, 3.05) is 0 Å². The van der Waals surface area contributed by atoms with E-state index in [0.717, 1.165) is 0 Å². The molecule has 0 radical (unpaired) electrons. The summed E-state index contributed by atoms with van der Waals surface area (Å²) < 4.78 is 20.0. The minimum Gasteiger partial charge on any atom is -0.419 e. The van der Waals surface area contributed by atoms with Crippen molar-refractivity contribution in [3.63, 3.8) is 0 Å². The van der Waals surface area contributed by atoms with E-state index in [1.54, 1.807) is 23.1 Å². The van der Waals surface area contributed by atoms with Gasteiger partial charge in [0.05, 0.1) is 0 Å². The van der Waals surface area contributed by atoms with Crippen LogP contribution in [0.1, 0.15) is 5.89 Å². The molecule has 3 aromatic rings. The van der Waals surface area contributed by atoms with Crippen molar-refractivity contribution in [3.8, 4) is 11.5 Å². The van der Waals surface area contributed by atoms with E-state index in [-0.39, 0.29) is 11.7 Å². The van der Waals surface area contributed by atoms with Crippen LogP contribution in [0.4, 0.5) is 4.39 Å². The van der Waals surface area contributed by atoms with E-state index < -0.39 is 0 Å². The summed E-state index contributed by atoms with van der Waals surface area (Å²) in [5, 5.41) is 11.7. The summed E-state index contributed by atoms with van der Waals surface area (Å²) in [4.78, 5) is 3.81. The molecule has 0 aliphatic heterocycles. The van der Waals surface area contributed by atoms with E-state index in [0.29, 0.717) is 18.0 Å². The Morgan fingerprint density at radius 1 is 1.28 bits per heavy atom. The van der Waals surface area contributed by atoms with Gasteiger partial charge in [0, 0.05) is 5.56 Å². The Kier molecular flexibility index (Phi) is 2.56. The molecule has 0 saturated heterocycles. The maximum atomic E-state index is 13.1. The topological polar surface area (TPSA) is 69.6 Å². The SMILES string of the molecule is Fc1cccc(-c2nnc(Cn3cncn3)o2)c1. The Morgan fingerprint density at radius 3 is 3.00 bits per heavy atom. The molecule has 0 bridgehead atoms. The highest BCUT2D eigenvalue weighted by Gasteiger charge is 2.09. The van der Waals surface area contributed by atoms with Crippen LogP contribution in [-0.2, 0) is 6.54 Å². The molecule has 0 amide bonds. The van der Waals surface area contributed by atoms with Crippen LogP contribution in [0, 0.1) is 5.82 Å². The van der Waals surface area contributed by atoms with Gasteiger partial charge < -0.3 is 4.42 Å². The van der Waals surface area contributed by atoms with Crippen molar-refractivity contribution in [1.82, 2.24) is 25.0 Å². The van der Waals surface area contributed by atoms with Crippen LogP contribution >= 0.6 is 0 Å². The third-order valence-electron chi connectivity index (χ3n) is 2.30. The molecule has 0 atom stereocenters. The van der Waals surface area contributed by atoms with Crippen molar-refractivity contribution < 1.29 is 8.81 Å². The second-order valence-electron chi connectivity index (χ2n) is 3.60. The lowest BCUT2D eigenvalue weighted by molar-refractivity contribution is 0.473. The van der Waals surface area contributed by atoms with E-state index in [1.807, 2.05) is 0 Å². The number of aromatic nitrogens is 5. The normalized spacial score (nSPS) is 10.7. The van der Waals surface area contributed by atoms with Gasteiger partial charge >= 0.3 is 0 Å². The van der Waals surface area contributed by atoms with Gasteiger partial charge in [0.2, 0.25) is 11.8 Å². The van der Waals surface area contributed by atoms with Crippen LogP contribution in [0.2, 0.25) is 0 Å². The molecule has 18 heavy (non-hydrogen) atoms. The number of benzene rings is 1. The first-order valence-electron chi connectivity index (χ1n) is 5.22. The molecule has 90 valence electrons. The van der Waals surface area contributed by atoms with Crippen LogP contribution < -0.4 is 0 Å². The Bertz CT molecular complexity index is 649. The summed E-state index contributed by atoms with van der Waals surface area (Å²) in [6, 6.07) is 5.99. The molecule has 2 heterocycles. The summed E-state index contributed by atoms with van der Waals surface area (Å²) in [6.45, 7) is 0.336. The molecule has 6 nitrogen and oxygen atoms in total. The highest BCUT2D eigenvalue weighted by atomic mass is 19.1. The average Bonchev–Trinajstić information content (AvgIpc) is 3.01. The first-order chi connectivity index (χ1) is 8.81. The third-order valence-corrected chi connectivity index (χ3v) is 2.30. The zero-order valence-electron chi connectivity index (χ0n) is 9.19.